The summed E-state index contributed by atoms with van der Waals surface area (Å²) in [6.07, 6.45) is -4.17. The zero-order valence-corrected chi connectivity index (χ0v) is 12.0. The van der Waals surface area contributed by atoms with Crippen LogP contribution < -0.4 is 4.74 Å². The first-order chi connectivity index (χ1) is 10.7. The molecule has 1 aromatic carbocycles. The van der Waals surface area contributed by atoms with Crippen LogP contribution in [0.25, 0.3) is 0 Å². The molecule has 0 amide bonds. The summed E-state index contributed by atoms with van der Waals surface area (Å²) in [4.78, 5) is 0. The summed E-state index contributed by atoms with van der Waals surface area (Å²) in [5.41, 5.74) is 0.954. The Kier molecular flexibility index (Phi) is 3.56. The fourth-order valence-corrected chi connectivity index (χ4v) is 3.21. The maximum absolute atomic E-state index is 10.2. The third kappa shape index (κ3) is 2.21. The van der Waals surface area contributed by atoms with Crippen molar-refractivity contribution in [2.45, 2.75) is 49.7 Å². The van der Waals surface area contributed by atoms with E-state index in [0.29, 0.717) is 6.61 Å². The summed E-state index contributed by atoms with van der Waals surface area (Å²) in [6.45, 7) is -0.503. The summed E-state index contributed by atoms with van der Waals surface area (Å²) in [6, 6.07) is 7.49. The largest absolute Gasteiger partial charge is 0.497 e. The molecule has 7 nitrogen and oxygen atoms in total. The number of methoxy groups -OCH3 is 1. The van der Waals surface area contributed by atoms with Crippen LogP contribution in [0.15, 0.2) is 24.3 Å². The lowest BCUT2D eigenvalue weighted by Gasteiger charge is -2.56. The third-order valence-electron chi connectivity index (χ3n) is 4.40. The molecule has 1 saturated carbocycles. The Morgan fingerprint density at radius 1 is 0.955 bits per heavy atom. The Labute approximate surface area is 127 Å². The molecule has 3 aliphatic heterocycles. The minimum atomic E-state index is -0.924. The van der Waals surface area contributed by atoms with Crippen molar-refractivity contribution in [3.8, 4) is 5.75 Å². The number of ether oxygens (including phenoxy) is 5. The van der Waals surface area contributed by atoms with Gasteiger partial charge in [0.05, 0.1) is 13.7 Å². The van der Waals surface area contributed by atoms with E-state index in [2.05, 4.69) is 0 Å². The van der Waals surface area contributed by atoms with Crippen LogP contribution in [0.2, 0.25) is 0 Å². The van der Waals surface area contributed by atoms with Gasteiger partial charge >= 0.3 is 0 Å². The number of aliphatic hydroxyl groups excluding tert-OH is 2. The lowest BCUT2D eigenvalue weighted by Crippen LogP contribution is -2.75. The van der Waals surface area contributed by atoms with Crippen LogP contribution in [0.1, 0.15) is 5.56 Å². The highest BCUT2D eigenvalue weighted by Crippen LogP contribution is 2.41. The Hall–Kier alpha value is -1.22. The molecule has 1 aromatic rings. The number of aliphatic hydroxyl groups is 2. The van der Waals surface area contributed by atoms with Crippen LogP contribution in [0.3, 0.4) is 0 Å². The highest BCUT2D eigenvalue weighted by atomic mass is 16.9. The van der Waals surface area contributed by atoms with Gasteiger partial charge in [0.2, 0.25) is 0 Å². The predicted molar refractivity (Wildman–Crippen MR) is 72.0 cm³/mol. The SMILES string of the molecule is COc1ccc(COC2[C@H]3OC4OC([C@@H]3O)[C@H](O)[C@H]2O4)cc1. The maximum atomic E-state index is 10.2. The monoisotopic (exact) mass is 310 g/mol. The molecule has 3 heterocycles. The fraction of sp³-hybridized carbons (Fsp3) is 0.600. The van der Waals surface area contributed by atoms with Gasteiger partial charge in [0.25, 0.3) is 6.48 Å². The molecule has 4 aliphatic rings. The van der Waals surface area contributed by atoms with Gasteiger partial charge in [-0.3, -0.25) is 0 Å². The molecular formula is C15H18O7. The van der Waals surface area contributed by atoms with Crippen molar-refractivity contribution in [3.05, 3.63) is 29.8 Å². The lowest BCUT2D eigenvalue weighted by atomic mass is 9.82. The van der Waals surface area contributed by atoms with Crippen molar-refractivity contribution >= 4 is 0 Å². The molecule has 1 aliphatic carbocycles. The van der Waals surface area contributed by atoms with E-state index >= 15 is 0 Å². The Morgan fingerprint density at radius 3 is 2.14 bits per heavy atom. The highest BCUT2D eigenvalue weighted by molar-refractivity contribution is 5.26. The summed E-state index contributed by atoms with van der Waals surface area (Å²) >= 11 is 0. The van der Waals surface area contributed by atoms with Crippen LogP contribution in [0.4, 0.5) is 0 Å². The first kappa shape index (κ1) is 14.4. The molecule has 7 atom stereocenters. The van der Waals surface area contributed by atoms with Crippen LogP contribution >= 0.6 is 0 Å². The molecule has 0 aromatic heterocycles. The summed E-state index contributed by atoms with van der Waals surface area (Å²) in [7, 11) is 1.61. The normalized spacial score (nSPS) is 42.6. The molecule has 7 heteroatoms. The number of hydrogen-bond donors (Lipinski definition) is 2. The highest BCUT2D eigenvalue weighted by Gasteiger charge is 2.61. The van der Waals surface area contributed by atoms with Crippen LogP contribution in [-0.4, -0.2) is 60.4 Å². The van der Waals surface area contributed by atoms with E-state index < -0.39 is 43.1 Å². The zero-order chi connectivity index (χ0) is 15.3. The standard InChI is InChI=1S/C15H18O7/c1-18-8-4-2-7(3-5-8)6-19-14-12-9(16)11-10(17)13(14)22-15(20-11)21-12/h2-5,9-17H,6H2,1H3/t9-,10-,11?,12-,13+,14?,15?/m0/s1. The van der Waals surface area contributed by atoms with E-state index in [9.17, 15) is 10.2 Å². The van der Waals surface area contributed by atoms with Crippen molar-refractivity contribution in [2.24, 2.45) is 0 Å². The Balaban J connectivity index is 1.46. The van der Waals surface area contributed by atoms with Crippen LogP contribution in [0, 0.1) is 0 Å². The van der Waals surface area contributed by atoms with E-state index in [1.165, 1.54) is 0 Å². The summed E-state index contributed by atoms with van der Waals surface area (Å²) in [5, 5.41) is 20.3. The van der Waals surface area contributed by atoms with Gasteiger partial charge in [-0.25, -0.2) is 0 Å². The molecule has 120 valence electrons. The minimum Gasteiger partial charge on any atom is -0.497 e. The van der Waals surface area contributed by atoms with Gasteiger partial charge in [-0.15, -0.1) is 0 Å². The average Bonchev–Trinajstić information content (AvgIpc) is 2.55. The van der Waals surface area contributed by atoms with Crippen molar-refractivity contribution < 1.29 is 33.9 Å². The van der Waals surface area contributed by atoms with Crippen LogP contribution in [-0.2, 0) is 25.6 Å². The van der Waals surface area contributed by atoms with E-state index in [1.807, 2.05) is 24.3 Å². The average molecular weight is 310 g/mol. The third-order valence-corrected chi connectivity index (χ3v) is 4.40. The maximum Gasteiger partial charge on any atom is 0.272 e. The zero-order valence-electron chi connectivity index (χ0n) is 12.0. The molecule has 0 radical (unpaired) electrons. The number of benzene rings is 1. The Bertz CT molecular complexity index is 513. The first-order valence-corrected chi connectivity index (χ1v) is 7.24. The molecular weight excluding hydrogens is 292 g/mol. The topological polar surface area (TPSA) is 86.6 Å². The number of rotatable bonds is 4. The molecule has 3 unspecified atom stereocenters. The van der Waals surface area contributed by atoms with Crippen molar-refractivity contribution in [2.75, 3.05) is 7.11 Å². The van der Waals surface area contributed by atoms with E-state index in [4.69, 9.17) is 23.7 Å². The lowest BCUT2D eigenvalue weighted by molar-refractivity contribution is -0.484. The van der Waals surface area contributed by atoms with Gasteiger partial charge in [0.1, 0.15) is 42.4 Å². The van der Waals surface area contributed by atoms with Crippen molar-refractivity contribution in [1.82, 2.24) is 0 Å². The number of hydrogen-bond acceptors (Lipinski definition) is 7. The van der Waals surface area contributed by atoms with Crippen molar-refractivity contribution in [1.29, 1.82) is 0 Å². The second-order valence-corrected chi connectivity index (χ2v) is 5.70. The van der Waals surface area contributed by atoms with Gasteiger partial charge in [0.15, 0.2) is 0 Å². The predicted octanol–water partition coefficient (Wildman–Crippen LogP) is -0.218. The quantitative estimate of drug-likeness (QED) is 0.795. The second-order valence-electron chi connectivity index (χ2n) is 5.70. The molecule has 5 rings (SSSR count). The molecule has 4 fully saturated rings. The molecule has 0 spiro atoms. The Morgan fingerprint density at radius 2 is 1.55 bits per heavy atom. The molecule has 3 saturated heterocycles. The smallest absolute Gasteiger partial charge is 0.272 e. The van der Waals surface area contributed by atoms with Gasteiger partial charge in [0, 0.05) is 0 Å². The van der Waals surface area contributed by atoms with E-state index in [1.54, 1.807) is 7.11 Å². The van der Waals surface area contributed by atoms with E-state index in [0.717, 1.165) is 11.3 Å². The van der Waals surface area contributed by atoms with Crippen LogP contribution in [0.5, 0.6) is 5.75 Å². The molecule has 2 N–H and O–H groups in total. The van der Waals surface area contributed by atoms with Crippen molar-refractivity contribution in [3.63, 3.8) is 0 Å². The van der Waals surface area contributed by atoms with Gasteiger partial charge in [-0.2, -0.15) is 0 Å². The molecule has 4 bridgehead atoms. The van der Waals surface area contributed by atoms with Gasteiger partial charge < -0.3 is 33.9 Å². The fourth-order valence-electron chi connectivity index (χ4n) is 3.21. The van der Waals surface area contributed by atoms with Gasteiger partial charge in [-0.05, 0) is 17.7 Å². The first-order valence-electron chi connectivity index (χ1n) is 7.24. The minimum absolute atomic E-state index is 0.323. The second kappa shape index (κ2) is 5.45. The summed E-state index contributed by atoms with van der Waals surface area (Å²) < 4.78 is 27.2. The van der Waals surface area contributed by atoms with E-state index in [-0.39, 0.29) is 0 Å². The summed E-state index contributed by atoms with van der Waals surface area (Å²) in [5.74, 6) is 0.771. The molecule has 22 heavy (non-hydrogen) atoms. The van der Waals surface area contributed by atoms with Gasteiger partial charge in [-0.1, -0.05) is 12.1 Å².